The number of hydrogen-bond donors (Lipinski definition) is 0. The minimum atomic E-state index is -0.436. The van der Waals surface area contributed by atoms with Crippen molar-refractivity contribution >= 4 is 51.0 Å². The molecule has 0 N–H and O–H groups in total. The van der Waals surface area contributed by atoms with Gasteiger partial charge in [0.15, 0.2) is 6.29 Å². The Morgan fingerprint density at radius 2 is 1.87 bits per heavy atom. The number of rotatable bonds is 5. The van der Waals surface area contributed by atoms with Crippen LogP contribution in [0.4, 0.5) is 4.39 Å². The monoisotopic (exact) mass is 785 g/mol. The quantitative estimate of drug-likeness (QED) is 0.161. The fourth-order valence-electron chi connectivity index (χ4n) is 8.03. The molecule has 10 nitrogen and oxygen atoms in total. The molecule has 1 atom stereocenters. The van der Waals surface area contributed by atoms with Crippen molar-refractivity contribution in [3.05, 3.63) is 99.3 Å². The zero-order valence-corrected chi connectivity index (χ0v) is 33.0. The molecule has 0 spiro atoms. The molecule has 3 aromatic carbocycles. The van der Waals surface area contributed by atoms with Crippen molar-refractivity contribution in [2.45, 2.75) is 69.3 Å². The molecule has 6 aromatic rings. The number of nitrogens with zero attached hydrogens (tertiary/aromatic N) is 5. The summed E-state index contributed by atoms with van der Waals surface area (Å²) in [6, 6.07) is 15.0. The average molecular weight is 786 g/mol. The Hall–Kier alpha value is -4.36. The Bertz CT molecular complexity index is 2360. The van der Waals surface area contributed by atoms with Crippen LogP contribution in [0, 0.1) is 5.82 Å². The number of hydrogen-bond acceptors (Lipinski definition) is 8. The fraction of sp³-hybridized carbons (Fsp3) is 0.405. The third-order valence-electron chi connectivity index (χ3n) is 10.6. The molecule has 3 aromatic heterocycles. The number of aryl methyl sites for hydroxylation is 5. The van der Waals surface area contributed by atoms with Gasteiger partial charge in [-0.1, -0.05) is 23.7 Å². The van der Waals surface area contributed by atoms with Gasteiger partial charge in [0.25, 0.3) is 0 Å². The van der Waals surface area contributed by atoms with Crippen LogP contribution in [-0.4, -0.2) is 63.3 Å². The van der Waals surface area contributed by atoms with E-state index in [4.69, 9.17) is 40.7 Å². The van der Waals surface area contributed by atoms with E-state index in [1.807, 2.05) is 52.4 Å². The number of carbonyl (C=O) groups excluding carboxylic acids is 1. The van der Waals surface area contributed by atoms with E-state index in [2.05, 4.69) is 12.1 Å². The maximum atomic E-state index is 14.5. The first-order chi connectivity index (χ1) is 26.8. The second kappa shape index (κ2) is 16.4. The fourth-order valence-corrected chi connectivity index (χ4v) is 9.15. The Kier molecular flexibility index (Phi) is 11.2. The lowest BCUT2D eigenvalue weighted by molar-refractivity contribution is -0.163. The van der Waals surface area contributed by atoms with E-state index < -0.39 is 5.97 Å². The molecule has 8 rings (SSSR count). The molecule has 1 saturated heterocycles. The molecule has 1 unspecified atom stereocenters. The van der Waals surface area contributed by atoms with Crippen molar-refractivity contribution in [1.82, 2.24) is 24.1 Å². The third-order valence-corrected chi connectivity index (χ3v) is 12.0. The Morgan fingerprint density at radius 1 is 1.00 bits per heavy atom. The number of halogens is 2. The van der Waals surface area contributed by atoms with Crippen molar-refractivity contribution in [2.24, 2.45) is 14.1 Å². The van der Waals surface area contributed by atoms with Crippen molar-refractivity contribution in [2.75, 3.05) is 26.9 Å². The topological polar surface area (TPSA) is 94.6 Å². The first kappa shape index (κ1) is 37.6. The molecule has 8 bridgehead atoms. The summed E-state index contributed by atoms with van der Waals surface area (Å²) in [6.07, 6.45) is 7.19. The van der Waals surface area contributed by atoms with Gasteiger partial charge in [0.05, 0.1) is 48.4 Å². The van der Waals surface area contributed by atoms with Crippen molar-refractivity contribution < 1.29 is 28.1 Å². The van der Waals surface area contributed by atoms with E-state index in [1.54, 1.807) is 23.9 Å². The van der Waals surface area contributed by atoms with Crippen LogP contribution in [-0.2, 0) is 65.6 Å². The van der Waals surface area contributed by atoms with Crippen LogP contribution in [0.5, 0.6) is 5.75 Å². The maximum Gasteiger partial charge on any atom is 0.354 e. The largest absolute Gasteiger partial charge is 0.493 e. The summed E-state index contributed by atoms with van der Waals surface area (Å²) in [5.74, 6) is 1.36. The van der Waals surface area contributed by atoms with Crippen LogP contribution in [0.3, 0.4) is 0 Å². The average Bonchev–Trinajstić information content (AvgIpc) is 3.83. The Morgan fingerprint density at radius 3 is 2.71 bits per heavy atom. The van der Waals surface area contributed by atoms with E-state index in [1.165, 1.54) is 13.2 Å². The van der Waals surface area contributed by atoms with Crippen LogP contribution >= 0.6 is 23.4 Å². The van der Waals surface area contributed by atoms with Gasteiger partial charge in [0.2, 0.25) is 0 Å². The molecule has 288 valence electrons. The lowest BCUT2D eigenvalue weighted by Gasteiger charge is -2.23. The van der Waals surface area contributed by atoms with E-state index in [0.29, 0.717) is 67.2 Å². The second-order valence-electron chi connectivity index (χ2n) is 14.3. The van der Waals surface area contributed by atoms with Crippen LogP contribution in [0.15, 0.2) is 54.7 Å². The van der Waals surface area contributed by atoms with Gasteiger partial charge in [-0.25, -0.2) is 9.18 Å². The van der Waals surface area contributed by atoms with Gasteiger partial charge in [0, 0.05) is 66.3 Å². The van der Waals surface area contributed by atoms with Crippen molar-refractivity contribution in [1.29, 1.82) is 0 Å². The number of carbonyl (C=O) groups is 1. The Balaban J connectivity index is 1.24. The predicted molar refractivity (Wildman–Crippen MR) is 213 cm³/mol. The summed E-state index contributed by atoms with van der Waals surface area (Å²) in [4.78, 5) is 13.9. The number of thioether (sulfide) groups is 1. The van der Waals surface area contributed by atoms with Gasteiger partial charge in [-0.3, -0.25) is 9.36 Å². The highest BCUT2D eigenvalue weighted by Gasteiger charge is 2.29. The lowest BCUT2D eigenvalue weighted by Crippen LogP contribution is -2.24. The van der Waals surface area contributed by atoms with E-state index in [9.17, 15) is 9.18 Å². The predicted octanol–water partition coefficient (Wildman–Crippen LogP) is 8.59. The molecule has 0 saturated carbocycles. The zero-order chi connectivity index (χ0) is 38.1. The number of fused-ring (bicyclic) bond motifs is 8. The Labute approximate surface area is 328 Å². The van der Waals surface area contributed by atoms with E-state index >= 15 is 0 Å². The number of esters is 1. The lowest BCUT2D eigenvalue weighted by atomic mass is 10.0. The van der Waals surface area contributed by atoms with E-state index in [0.717, 1.165) is 93.1 Å². The molecule has 2 aliphatic heterocycles. The standard InChI is InChI=1S/C42H45ClFN5O5S/c1-47-31-11-9-26-19-27-21-29(44)10-12-32(27)36(20-26)52-17-6-7-33-34-13-14-35(43)38(39-28(23-45-48(39)2)24-55-25-30(22-31)46-47)40(34)49(41(33)42(50)51-3)15-18-54-37-8-4-5-16-53-37/h10,12-14,19-23,37H,4-9,11,15-18,24-25H2,1-3H3. The molecule has 55 heavy (non-hydrogen) atoms. The number of methoxy groups -OCH3 is 1. The first-order valence-electron chi connectivity index (χ1n) is 18.9. The summed E-state index contributed by atoms with van der Waals surface area (Å²) in [7, 11) is 5.32. The first-order valence-corrected chi connectivity index (χ1v) is 20.4. The van der Waals surface area contributed by atoms with Crippen LogP contribution in [0.25, 0.3) is 32.9 Å². The highest BCUT2D eigenvalue weighted by atomic mass is 35.5. The highest BCUT2D eigenvalue weighted by Crippen LogP contribution is 2.42. The van der Waals surface area contributed by atoms with Gasteiger partial charge in [-0.05, 0) is 97.9 Å². The minimum absolute atomic E-state index is 0.279. The van der Waals surface area contributed by atoms with Crippen LogP contribution < -0.4 is 4.74 Å². The number of benzene rings is 3. The molecule has 0 amide bonds. The molecule has 0 radical (unpaired) electrons. The summed E-state index contributed by atoms with van der Waals surface area (Å²) in [6.45, 7) is 1.76. The summed E-state index contributed by atoms with van der Waals surface area (Å²) in [5, 5.41) is 12.6. The molecule has 0 aliphatic carbocycles. The molecule has 5 heterocycles. The summed E-state index contributed by atoms with van der Waals surface area (Å²) < 4.78 is 44.4. The number of aromatic nitrogens is 5. The van der Waals surface area contributed by atoms with Gasteiger partial charge in [0.1, 0.15) is 17.3 Å². The van der Waals surface area contributed by atoms with Crippen LogP contribution in [0.2, 0.25) is 5.02 Å². The van der Waals surface area contributed by atoms with Crippen LogP contribution in [0.1, 0.15) is 64.2 Å². The molecule has 13 heteroatoms. The second-order valence-corrected chi connectivity index (χ2v) is 15.6. The van der Waals surface area contributed by atoms with E-state index in [-0.39, 0.29) is 12.1 Å². The van der Waals surface area contributed by atoms with Gasteiger partial charge >= 0.3 is 5.97 Å². The summed E-state index contributed by atoms with van der Waals surface area (Å²) in [5.41, 5.74) is 8.04. The third kappa shape index (κ3) is 7.74. The summed E-state index contributed by atoms with van der Waals surface area (Å²) >= 11 is 8.94. The van der Waals surface area contributed by atoms with Crippen molar-refractivity contribution in [3.63, 3.8) is 0 Å². The molecule has 1 fully saturated rings. The molecule has 2 aliphatic rings. The maximum absolute atomic E-state index is 14.5. The minimum Gasteiger partial charge on any atom is -0.493 e. The molecular weight excluding hydrogens is 741 g/mol. The SMILES string of the molecule is COC(=O)c1c2c3ccc(Cl)c(c3n1CCOC1CCCCO1)-c1c(cnn1C)CSCc1cc(n(C)n1)CCc1cc(c3ccc(F)cc3c1)OCCC2. The molecular formula is C42H45ClFN5O5S. The zero-order valence-electron chi connectivity index (χ0n) is 31.4. The normalized spacial score (nSPS) is 16.9. The van der Waals surface area contributed by atoms with Gasteiger partial charge in [-0.2, -0.15) is 22.0 Å². The van der Waals surface area contributed by atoms with Gasteiger partial charge < -0.3 is 23.5 Å². The number of ether oxygens (including phenoxy) is 4. The van der Waals surface area contributed by atoms with Gasteiger partial charge in [-0.15, -0.1) is 0 Å². The highest BCUT2D eigenvalue weighted by molar-refractivity contribution is 7.97. The van der Waals surface area contributed by atoms with Crippen molar-refractivity contribution in [3.8, 4) is 17.0 Å². The smallest absolute Gasteiger partial charge is 0.354 e.